The fourth-order valence-electron chi connectivity index (χ4n) is 4.20. The monoisotopic (exact) mass is 499 g/mol. The van der Waals surface area contributed by atoms with Gasteiger partial charge in [-0.3, -0.25) is 14.2 Å². The molecule has 0 saturated carbocycles. The summed E-state index contributed by atoms with van der Waals surface area (Å²) in [4.78, 5) is 38.6. The zero-order valence-corrected chi connectivity index (χ0v) is 20.9. The van der Waals surface area contributed by atoms with Crippen LogP contribution in [-0.2, 0) is 16.1 Å². The van der Waals surface area contributed by atoms with Crippen molar-refractivity contribution in [1.82, 2.24) is 4.57 Å². The fourth-order valence-corrected chi connectivity index (χ4v) is 4.37. The van der Waals surface area contributed by atoms with Gasteiger partial charge in [0.2, 0.25) is 0 Å². The predicted molar refractivity (Wildman–Crippen MR) is 144 cm³/mol. The second-order valence-electron chi connectivity index (χ2n) is 8.27. The van der Waals surface area contributed by atoms with Crippen LogP contribution in [0.5, 0.6) is 0 Å². The van der Waals surface area contributed by atoms with Crippen LogP contribution in [0.25, 0.3) is 28.0 Å². The number of carbonyl (C=O) groups excluding carboxylic acids is 2. The van der Waals surface area contributed by atoms with Crippen molar-refractivity contribution in [3.63, 3.8) is 0 Å². The summed E-state index contributed by atoms with van der Waals surface area (Å²) in [7, 11) is 0. The Morgan fingerprint density at radius 1 is 0.944 bits per heavy atom. The van der Waals surface area contributed by atoms with Crippen molar-refractivity contribution in [1.29, 1.82) is 0 Å². The molecule has 0 radical (unpaired) electrons. The van der Waals surface area contributed by atoms with Gasteiger partial charge in [-0.25, -0.2) is 4.79 Å². The summed E-state index contributed by atoms with van der Waals surface area (Å²) >= 11 is 6.32. The van der Waals surface area contributed by atoms with Crippen LogP contribution < -0.4 is 5.56 Å². The number of rotatable bonds is 8. The van der Waals surface area contributed by atoms with Crippen molar-refractivity contribution >= 4 is 40.2 Å². The van der Waals surface area contributed by atoms with Crippen LogP contribution in [0.15, 0.2) is 83.7 Å². The standard InChI is InChI=1S/C30H26ClNO4/c1-3-26(33)29-28(22-8-6-5-7-9-22)25-18-23(31)15-16-24(25)30(35)32(29)19-21-12-10-20(11-13-21)14-17-27(34)36-4-2/h5-18H,3-4,19H2,1-2H3/b17-14+. The van der Waals surface area contributed by atoms with E-state index in [0.29, 0.717) is 33.7 Å². The Bertz CT molecular complexity index is 1500. The topological polar surface area (TPSA) is 65.4 Å². The number of Topliss-reactive ketones (excluding diaryl/α,β-unsaturated/α-hetero) is 1. The van der Waals surface area contributed by atoms with Crippen LogP contribution in [0.2, 0.25) is 5.02 Å². The van der Waals surface area contributed by atoms with Gasteiger partial charge in [0.1, 0.15) is 0 Å². The van der Waals surface area contributed by atoms with E-state index < -0.39 is 5.97 Å². The summed E-state index contributed by atoms with van der Waals surface area (Å²) < 4.78 is 6.48. The van der Waals surface area contributed by atoms with E-state index in [1.807, 2.05) is 54.6 Å². The van der Waals surface area contributed by atoms with Gasteiger partial charge in [-0.05, 0) is 53.3 Å². The fraction of sp³-hybridized carbons (Fsp3) is 0.167. The maximum Gasteiger partial charge on any atom is 0.330 e. The number of pyridine rings is 1. The molecule has 1 aromatic heterocycles. The van der Waals surface area contributed by atoms with Crippen LogP contribution >= 0.6 is 11.6 Å². The lowest BCUT2D eigenvalue weighted by atomic mass is 9.94. The summed E-state index contributed by atoms with van der Waals surface area (Å²) in [5, 5.41) is 1.66. The lowest BCUT2D eigenvalue weighted by Gasteiger charge is -2.19. The summed E-state index contributed by atoms with van der Waals surface area (Å²) in [6, 6.07) is 22.2. The second-order valence-corrected chi connectivity index (χ2v) is 8.71. The molecule has 0 fully saturated rings. The first-order valence-electron chi connectivity index (χ1n) is 11.8. The molecule has 0 atom stereocenters. The molecule has 0 aliphatic heterocycles. The van der Waals surface area contributed by atoms with Gasteiger partial charge in [0.05, 0.1) is 18.8 Å². The van der Waals surface area contributed by atoms with Gasteiger partial charge in [-0.15, -0.1) is 0 Å². The molecular formula is C30H26ClNO4. The Morgan fingerprint density at radius 2 is 1.67 bits per heavy atom. The number of ether oxygens (including phenoxy) is 1. The van der Waals surface area contributed by atoms with Gasteiger partial charge >= 0.3 is 5.97 Å². The maximum absolute atomic E-state index is 13.7. The highest BCUT2D eigenvalue weighted by Crippen LogP contribution is 2.33. The molecule has 5 nitrogen and oxygen atoms in total. The average molecular weight is 500 g/mol. The molecule has 182 valence electrons. The van der Waals surface area contributed by atoms with Crippen LogP contribution in [0.4, 0.5) is 0 Å². The number of halogens is 1. The normalized spacial score (nSPS) is 11.2. The highest BCUT2D eigenvalue weighted by Gasteiger charge is 2.22. The summed E-state index contributed by atoms with van der Waals surface area (Å²) in [6.45, 7) is 4.09. The number of fused-ring (bicyclic) bond motifs is 1. The molecule has 36 heavy (non-hydrogen) atoms. The average Bonchev–Trinajstić information content (AvgIpc) is 2.89. The molecule has 0 aliphatic carbocycles. The van der Waals surface area contributed by atoms with E-state index in [9.17, 15) is 14.4 Å². The van der Waals surface area contributed by atoms with E-state index in [2.05, 4.69) is 0 Å². The third-order valence-electron chi connectivity index (χ3n) is 5.90. The highest BCUT2D eigenvalue weighted by atomic mass is 35.5. The second kappa shape index (κ2) is 11.2. The molecule has 4 aromatic rings. The van der Waals surface area contributed by atoms with Gasteiger partial charge in [0.15, 0.2) is 5.78 Å². The number of nitrogens with zero attached hydrogens (tertiary/aromatic N) is 1. The van der Waals surface area contributed by atoms with E-state index in [-0.39, 0.29) is 24.3 Å². The molecule has 0 N–H and O–H groups in total. The third-order valence-corrected chi connectivity index (χ3v) is 6.13. The molecule has 6 heteroatoms. The van der Waals surface area contributed by atoms with Crippen LogP contribution in [0, 0.1) is 0 Å². The van der Waals surface area contributed by atoms with E-state index >= 15 is 0 Å². The third kappa shape index (κ3) is 5.31. The quantitative estimate of drug-likeness (QED) is 0.157. The Hall–Kier alpha value is -3.96. The molecule has 0 amide bonds. The van der Waals surface area contributed by atoms with E-state index in [4.69, 9.17) is 16.3 Å². The molecule has 1 heterocycles. The van der Waals surface area contributed by atoms with Crippen molar-refractivity contribution in [2.75, 3.05) is 6.61 Å². The summed E-state index contributed by atoms with van der Waals surface area (Å²) in [5.74, 6) is -0.526. The first-order chi connectivity index (χ1) is 17.4. The molecule has 4 rings (SSSR count). The number of esters is 1. The van der Waals surface area contributed by atoms with Crippen LogP contribution in [0.3, 0.4) is 0 Å². The smallest absolute Gasteiger partial charge is 0.330 e. The number of benzene rings is 3. The van der Waals surface area contributed by atoms with Crippen molar-refractivity contribution in [3.8, 4) is 11.1 Å². The Labute approximate surface area is 214 Å². The first-order valence-corrected chi connectivity index (χ1v) is 12.2. The lowest BCUT2D eigenvalue weighted by Crippen LogP contribution is -2.28. The number of carbonyl (C=O) groups is 2. The minimum absolute atomic E-state index is 0.123. The van der Waals surface area contributed by atoms with Crippen molar-refractivity contribution in [3.05, 3.63) is 111 Å². The van der Waals surface area contributed by atoms with Gasteiger partial charge in [-0.1, -0.05) is 73.1 Å². The van der Waals surface area contributed by atoms with Crippen molar-refractivity contribution in [2.24, 2.45) is 0 Å². The molecule has 3 aromatic carbocycles. The zero-order chi connectivity index (χ0) is 25.7. The number of hydrogen-bond donors (Lipinski definition) is 0. The zero-order valence-electron chi connectivity index (χ0n) is 20.2. The molecule has 0 spiro atoms. The van der Waals surface area contributed by atoms with Crippen molar-refractivity contribution in [2.45, 2.75) is 26.8 Å². The predicted octanol–water partition coefficient (Wildman–Crippen LogP) is 6.54. The van der Waals surface area contributed by atoms with E-state index in [1.54, 1.807) is 42.7 Å². The first kappa shape index (κ1) is 25.1. The largest absolute Gasteiger partial charge is 0.463 e. The summed E-state index contributed by atoms with van der Waals surface area (Å²) in [5.41, 5.74) is 3.34. The number of aromatic nitrogens is 1. The maximum atomic E-state index is 13.7. The van der Waals surface area contributed by atoms with E-state index in [0.717, 1.165) is 16.7 Å². The van der Waals surface area contributed by atoms with Crippen LogP contribution in [0.1, 0.15) is 41.9 Å². The Balaban J connectivity index is 1.86. The number of ketones is 1. The molecule has 0 bridgehead atoms. The van der Waals surface area contributed by atoms with Crippen LogP contribution in [-0.4, -0.2) is 22.9 Å². The van der Waals surface area contributed by atoms with Gasteiger partial charge in [0.25, 0.3) is 5.56 Å². The van der Waals surface area contributed by atoms with Gasteiger partial charge in [-0.2, -0.15) is 0 Å². The highest BCUT2D eigenvalue weighted by molar-refractivity contribution is 6.31. The molecule has 0 saturated heterocycles. The minimum Gasteiger partial charge on any atom is -0.463 e. The lowest BCUT2D eigenvalue weighted by molar-refractivity contribution is -0.137. The molecule has 0 unspecified atom stereocenters. The van der Waals surface area contributed by atoms with E-state index in [1.165, 1.54) is 6.08 Å². The molecular weight excluding hydrogens is 474 g/mol. The van der Waals surface area contributed by atoms with Gasteiger partial charge < -0.3 is 4.74 Å². The molecule has 0 aliphatic rings. The minimum atomic E-state index is -0.402. The number of hydrogen-bond acceptors (Lipinski definition) is 4. The SMILES string of the molecule is CCOC(=O)/C=C/c1ccc(Cn2c(C(=O)CC)c(-c3ccccc3)c3cc(Cl)ccc3c2=O)cc1. The Morgan fingerprint density at radius 3 is 2.33 bits per heavy atom. The van der Waals surface area contributed by atoms with Crippen molar-refractivity contribution < 1.29 is 14.3 Å². The van der Waals surface area contributed by atoms with Gasteiger partial charge in [0, 0.05) is 28.5 Å². The summed E-state index contributed by atoms with van der Waals surface area (Å²) in [6.07, 6.45) is 3.30. The Kier molecular flexibility index (Phi) is 7.81.